The van der Waals surface area contributed by atoms with Gasteiger partial charge in [-0.15, -0.1) is 0 Å². The molecule has 142 valence electrons. The molecule has 0 unspecified atom stereocenters. The Bertz CT molecular complexity index is 836. The third-order valence-corrected chi connectivity index (χ3v) is 5.18. The molecule has 2 amide bonds. The van der Waals surface area contributed by atoms with Gasteiger partial charge in [-0.3, -0.25) is 9.59 Å². The van der Waals surface area contributed by atoms with E-state index in [2.05, 4.69) is 19.2 Å². The Morgan fingerprint density at radius 3 is 2.33 bits per heavy atom. The number of rotatable bonds is 4. The zero-order valence-corrected chi connectivity index (χ0v) is 16.4. The summed E-state index contributed by atoms with van der Waals surface area (Å²) in [5, 5.41) is 3.06. The lowest BCUT2D eigenvalue weighted by atomic mass is 9.98. The molecule has 3 rings (SSSR count). The third kappa shape index (κ3) is 4.38. The number of carbonyl (C=O) groups excluding carboxylic acids is 2. The second kappa shape index (κ2) is 8.38. The monoisotopic (exact) mass is 364 g/mol. The largest absolute Gasteiger partial charge is 0.339 e. The molecule has 1 N–H and O–H groups in total. The highest BCUT2D eigenvalue weighted by molar-refractivity contribution is 6.06. The predicted octanol–water partition coefficient (Wildman–Crippen LogP) is 5.00. The number of nitrogens with one attached hydrogen (secondary N) is 1. The van der Waals surface area contributed by atoms with E-state index in [1.165, 1.54) is 6.42 Å². The van der Waals surface area contributed by atoms with Crippen LogP contribution in [0.3, 0.4) is 0 Å². The number of aryl methyl sites for hydroxylation is 1. The summed E-state index contributed by atoms with van der Waals surface area (Å²) in [6, 6.07) is 13.1. The Morgan fingerprint density at radius 2 is 1.63 bits per heavy atom. The first-order valence-electron chi connectivity index (χ1n) is 9.77. The van der Waals surface area contributed by atoms with Crippen molar-refractivity contribution in [3.63, 3.8) is 0 Å². The van der Waals surface area contributed by atoms with Crippen molar-refractivity contribution in [2.75, 3.05) is 18.4 Å². The van der Waals surface area contributed by atoms with Crippen LogP contribution in [0.2, 0.25) is 0 Å². The molecule has 0 aromatic heterocycles. The van der Waals surface area contributed by atoms with Crippen molar-refractivity contribution >= 4 is 17.5 Å². The van der Waals surface area contributed by atoms with E-state index in [0.717, 1.165) is 42.7 Å². The van der Waals surface area contributed by atoms with Crippen molar-refractivity contribution in [2.24, 2.45) is 0 Å². The van der Waals surface area contributed by atoms with Gasteiger partial charge in [0.25, 0.3) is 11.8 Å². The van der Waals surface area contributed by atoms with E-state index < -0.39 is 0 Å². The van der Waals surface area contributed by atoms with E-state index in [0.29, 0.717) is 17.0 Å². The molecule has 4 heteroatoms. The maximum atomic E-state index is 12.9. The summed E-state index contributed by atoms with van der Waals surface area (Å²) in [5.41, 5.74) is 4.11. The van der Waals surface area contributed by atoms with Crippen molar-refractivity contribution in [3.8, 4) is 0 Å². The van der Waals surface area contributed by atoms with Crippen LogP contribution in [0, 0.1) is 6.92 Å². The smallest absolute Gasteiger partial charge is 0.255 e. The minimum atomic E-state index is -0.181. The Kier molecular flexibility index (Phi) is 5.94. The van der Waals surface area contributed by atoms with Crippen LogP contribution in [-0.2, 0) is 0 Å². The van der Waals surface area contributed by atoms with Crippen molar-refractivity contribution in [1.29, 1.82) is 0 Å². The average Bonchev–Trinajstić information content (AvgIpc) is 2.69. The Hall–Kier alpha value is -2.62. The van der Waals surface area contributed by atoms with Gasteiger partial charge in [0.15, 0.2) is 0 Å². The van der Waals surface area contributed by atoms with E-state index in [1.54, 1.807) is 24.3 Å². The van der Waals surface area contributed by atoms with E-state index >= 15 is 0 Å². The first-order chi connectivity index (χ1) is 13.0. The van der Waals surface area contributed by atoms with Gasteiger partial charge in [0.1, 0.15) is 0 Å². The number of para-hydroxylation sites is 1. The quantitative estimate of drug-likeness (QED) is 0.830. The molecule has 1 aliphatic rings. The van der Waals surface area contributed by atoms with Crippen LogP contribution in [0.5, 0.6) is 0 Å². The summed E-state index contributed by atoms with van der Waals surface area (Å²) in [4.78, 5) is 27.5. The molecule has 2 aromatic rings. The van der Waals surface area contributed by atoms with Crippen molar-refractivity contribution in [1.82, 2.24) is 4.90 Å². The Labute approximate surface area is 161 Å². The highest BCUT2D eigenvalue weighted by atomic mass is 16.2. The van der Waals surface area contributed by atoms with E-state index in [4.69, 9.17) is 0 Å². The lowest BCUT2D eigenvalue weighted by molar-refractivity contribution is 0.0724. The maximum Gasteiger partial charge on any atom is 0.255 e. The van der Waals surface area contributed by atoms with Crippen LogP contribution in [0.1, 0.15) is 70.9 Å². The standard InChI is InChI=1S/C23H28N2O2/c1-16(2)20-12-7-9-17(3)21(20)24-22(26)18-10-8-11-19(15-18)23(27)25-13-5-4-6-14-25/h7-12,15-16H,4-6,13-14H2,1-3H3,(H,24,26). The van der Waals surface area contributed by atoms with Crippen molar-refractivity contribution in [2.45, 2.75) is 46.0 Å². The molecule has 0 aliphatic carbocycles. The van der Waals surface area contributed by atoms with Gasteiger partial charge in [-0.25, -0.2) is 0 Å². The van der Waals surface area contributed by atoms with Gasteiger partial charge in [0.05, 0.1) is 0 Å². The number of benzene rings is 2. The summed E-state index contributed by atoms with van der Waals surface area (Å²) < 4.78 is 0. The number of hydrogen-bond acceptors (Lipinski definition) is 2. The molecule has 0 radical (unpaired) electrons. The number of likely N-dealkylation sites (tertiary alicyclic amines) is 1. The minimum absolute atomic E-state index is 0.0168. The molecule has 1 heterocycles. The molecular formula is C23H28N2O2. The summed E-state index contributed by atoms with van der Waals surface area (Å²) in [5.74, 6) is 0.148. The van der Waals surface area contributed by atoms with Gasteiger partial charge in [-0.05, 0) is 61.4 Å². The molecule has 1 fully saturated rings. The zero-order valence-electron chi connectivity index (χ0n) is 16.4. The molecule has 27 heavy (non-hydrogen) atoms. The molecule has 4 nitrogen and oxygen atoms in total. The third-order valence-electron chi connectivity index (χ3n) is 5.18. The minimum Gasteiger partial charge on any atom is -0.339 e. The summed E-state index contributed by atoms with van der Waals surface area (Å²) in [6.45, 7) is 7.83. The first kappa shape index (κ1) is 19.2. The topological polar surface area (TPSA) is 49.4 Å². The molecular weight excluding hydrogens is 336 g/mol. The zero-order chi connectivity index (χ0) is 19.4. The van der Waals surface area contributed by atoms with Gasteiger partial charge in [0, 0.05) is 29.9 Å². The molecule has 0 atom stereocenters. The van der Waals surface area contributed by atoms with E-state index in [-0.39, 0.29) is 11.8 Å². The summed E-state index contributed by atoms with van der Waals surface area (Å²) >= 11 is 0. The van der Waals surface area contributed by atoms with Crippen LogP contribution in [0.15, 0.2) is 42.5 Å². The number of carbonyl (C=O) groups is 2. The number of anilines is 1. The Balaban J connectivity index is 1.81. The normalized spacial score (nSPS) is 14.3. The highest BCUT2D eigenvalue weighted by Gasteiger charge is 2.20. The van der Waals surface area contributed by atoms with Gasteiger partial charge in [-0.2, -0.15) is 0 Å². The van der Waals surface area contributed by atoms with Crippen molar-refractivity contribution in [3.05, 3.63) is 64.7 Å². The lowest BCUT2D eigenvalue weighted by Gasteiger charge is -2.26. The molecule has 2 aromatic carbocycles. The number of amides is 2. The molecule has 1 saturated heterocycles. The molecule has 1 aliphatic heterocycles. The number of piperidine rings is 1. The molecule has 0 spiro atoms. The first-order valence-corrected chi connectivity index (χ1v) is 9.77. The van der Waals surface area contributed by atoms with Crippen LogP contribution in [0.4, 0.5) is 5.69 Å². The van der Waals surface area contributed by atoms with Crippen molar-refractivity contribution < 1.29 is 9.59 Å². The molecule has 0 saturated carbocycles. The van der Waals surface area contributed by atoms with Gasteiger partial charge in [0.2, 0.25) is 0 Å². The number of hydrogen-bond donors (Lipinski definition) is 1. The fraction of sp³-hybridized carbons (Fsp3) is 0.391. The summed E-state index contributed by atoms with van der Waals surface area (Å²) in [7, 11) is 0. The highest BCUT2D eigenvalue weighted by Crippen LogP contribution is 2.28. The average molecular weight is 364 g/mol. The predicted molar refractivity (Wildman–Crippen MR) is 109 cm³/mol. The van der Waals surface area contributed by atoms with Crippen LogP contribution >= 0.6 is 0 Å². The second-order valence-corrected chi connectivity index (χ2v) is 7.58. The van der Waals surface area contributed by atoms with E-state index in [9.17, 15) is 9.59 Å². The lowest BCUT2D eigenvalue weighted by Crippen LogP contribution is -2.35. The van der Waals surface area contributed by atoms with Crippen LogP contribution in [-0.4, -0.2) is 29.8 Å². The fourth-order valence-corrected chi connectivity index (χ4v) is 3.60. The second-order valence-electron chi connectivity index (χ2n) is 7.58. The fourth-order valence-electron chi connectivity index (χ4n) is 3.60. The summed E-state index contributed by atoms with van der Waals surface area (Å²) in [6.07, 6.45) is 3.29. The Morgan fingerprint density at radius 1 is 0.963 bits per heavy atom. The number of nitrogens with zero attached hydrogens (tertiary/aromatic N) is 1. The molecule has 0 bridgehead atoms. The van der Waals surface area contributed by atoms with Gasteiger partial charge >= 0.3 is 0 Å². The van der Waals surface area contributed by atoms with E-state index in [1.807, 2.05) is 30.0 Å². The van der Waals surface area contributed by atoms with Gasteiger partial charge < -0.3 is 10.2 Å². The van der Waals surface area contributed by atoms with Gasteiger partial charge in [-0.1, -0.05) is 38.1 Å². The SMILES string of the molecule is Cc1cccc(C(C)C)c1NC(=O)c1cccc(C(=O)N2CCCCC2)c1. The van der Waals surface area contributed by atoms with Crippen LogP contribution < -0.4 is 5.32 Å². The maximum absolute atomic E-state index is 12.9. The van der Waals surface area contributed by atoms with Crippen LogP contribution in [0.25, 0.3) is 0 Å².